The monoisotopic (exact) mass is 412 g/mol. The number of fused-ring (bicyclic) bond motifs is 1. The largest absolute Gasteiger partial charge is 0.454 e. The highest BCUT2D eigenvalue weighted by atomic mass is 32.2. The first-order valence-corrected chi connectivity index (χ1v) is 11.0. The van der Waals surface area contributed by atoms with Gasteiger partial charge in [-0.15, -0.1) is 10.2 Å². The smallest absolute Gasteiger partial charge is 0.244 e. The summed E-state index contributed by atoms with van der Waals surface area (Å²) in [6.45, 7) is 3.87. The van der Waals surface area contributed by atoms with Crippen LogP contribution >= 0.6 is 11.3 Å². The summed E-state index contributed by atoms with van der Waals surface area (Å²) in [5.74, 6) is 0.645. The second-order valence-corrected chi connectivity index (χ2v) is 8.98. The zero-order valence-corrected chi connectivity index (χ0v) is 16.7. The van der Waals surface area contributed by atoms with Gasteiger partial charge in [-0.1, -0.05) is 31.6 Å². The Morgan fingerprint density at radius 1 is 1.30 bits per heavy atom. The summed E-state index contributed by atoms with van der Waals surface area (Å²) >= 11 is 1.19. The average molecular weight is 412 g/mol. The zero-order valence-electron chi connectivity index (χ0n) is 15.1. The van der Waals surface area contributed by atoms with Crippen LogP contribution < -0.4 is 19.5 Å². The Hall–Kier alpha value is -2.24. The van der Waals surface area contributed by atoms with Crippen molar-refractivity contribution in [2.75, 3.05) is 18.4 Å². The molecule has 1 aromatic heterocycles. The Bertz CT molecular complexity index is 944. The SMILES string of the molecule is CCC(C)C(NS(C)(=O)=O)C(=O)Nc1nnc(-c2ccc3c(c2)OCO3)s1. The number of amides is 1. The van der Waals surface area contributed by atoms with Gasteiger partial charge in [0.1, 0.15) is 11.0 Å². The van der Waals surface area contributed by atoms with E-state index in [1.54, 1.807) is 19.1 Å². The van der Waals surface area contributed by atoms with E-state index in [-0.39, 0.29) is 17.8 Å². The van der Waals surface area contributed by atoms with Crippen molar-refractivity contribution in [2.24, 2.45) is 5.92 Å². The summed E-state index contributed by atoms with van der Waals surface area (Å²) in [6.07, 6.45) is 1.66. The highest BCUT2D eigenvalue weighted by Gasteiger charge is 2.28. The van der Waals surface area contributed by atoms with Crippen molar-refractivity contribution in [3.05, 3.63) is 18.2 Å². The molecule has 146 valence electrons. The Kier molecular flexibility index (Phi) is 5.63. The predicted octanol–water partition coefficient (Wildman–Crippen LogP) is 1.84. The van der Waals surface area contributed by atoms with Crippen LogP contribution in [0.15, 0.2) is 18.2 Å². The van der Waals surface area contributed by atoms with Crippen LogP contribution in [0.1, 0.15) is 20.3 Å². The summed E-state index contributed by atoms with van der Waals surface area (Å²) in [7, 11) is -3.53. The predicted molar refractivity (Wildman–Crippen MR) is 101 cm³/mol. The molecule has 1 aliphatic rings. The lowest BCUT2D eigenvalue weighted by molar-refractivity contribution is -0.118. The molecule has 1 aromatic carbocycles. The van der Waals surface area contributed by atoms with E-state index in [1.807, 2.05) is 13.0 Å². The number of hydrogen-bond donors (Lipinski definition) is 2. The molecule has 0 aliphatic carbocycles. The van der Waals surface area contributed by atoms with E-state index in [0.717, 1.165) is 11.8 Å². The Morgan fingerprint density at radius 3 is 2.74 bits per heavy atom. The van der Waals surface area contributed by atoms with Crippen LogP contribution in [-0.2, 0) is 14.8 Å². The van der Waals surface area contributed by atoms with Gasteiger partial charge in [0, 0.05) is 5.56 Å². The van der Waals surface area contributed by atoms with Gasteiger partial charge in [0.25, 0.3) is 0 Å². The van der Waals surface area contributed by atoms with Gasteiger partial charge in [-0.3, -0.25) is 10.1 Å². The van der Waals surface area contributed by atoms with E-state index in [4.69, 9.17) is 9.47 Å². The van der Waals surface area contributed by atoms with Crippen molar-refractivity contribution in [1.82, 2.24) is 14.9 Å². The van der Waals surface area contributed by atoms with Crippen LogP contribution in [0.25, 0.3) is 10.6 Å². The molecule has 0 radical (unpaired) electrons. The van der Waals surface area contributed by atoms with Crippen LogP contribution in [0.4, 0.5) is 5.13 Å². The number of aromatic nitrogens is 2. The molecule has 3 rings (SSSR count). The van der Waals surface area contributed by atoms with Crippen molar-refractivity contribution in [2.45, 2.75) is 26.3 Å². The number of ether oxygens (including phenoxy) is 2. The quantitative estimate of drug-likeness (QED) is 0.712. The van der Waals surface area contributed by atoms with Crippen LogP contribution in [0.2, 0.25) is 0 Å². The first-order chi connectivity index (χ1) is 12.8. The number of benzene rings is 1. The molecule has 2 N–H and O–H groups in total. The number of hydrogen-bond acceptors (Lipinski definition) is 8. The van der Waals surface area contributed by atoms with E-state index in [1.165, 1.54) is 11.3 Å². The molecule has 0 bridgehead atoms. The van der Waals surface area contributed by atoms with Crippen molar-refractivity contribution in [3.8, 4) is 22.1 Å². The highest BCUT2D eigenvalue weighted by Crippen LogP contribution is 2.37. The second kappa shape index (κ2) is 7.79. The van der Waals surface area contributed by atoms with Gasteiger partial charge in [-0.25, -0.2) is 13.1 Å². The fourth-order valence-corrected chi connectivity index (χ4v) is 4.04. The molecule has 2 unspecified atom stereocenters. The minimum Gasteiger partial charge on any atom is -0.454 e. The Labute approximate surface area is 161 Å². The Morgan fingerprint density at radius 2 is 2.04 bits per heavy atom. The van der Waals surface area contributed by atoms with Crippen molar-refractivity contribution < 1.29 is 22.7 Å². The van der Waals surface area contributed by atoms with Gasteiger partial charge >= 0.3 is 0 Å². The molecule has 2 aromatic rings. The van der Waals surface area contributed by atoms with E-state index < -0.39 is 22.0 Å². The number of nitrogens with one attached hydrogen (secondary N) is 2. The lowest BCUT2D eigenvalue weighted by atomic mass is 9.99. The fraction of sp³-hybridized carbons (Fsp3) is 0.438. The van der Waals surface area contributed by atoms with Gasteiger partial charge in [0.15, 0.2) is 11.5 Å². The van der Waals surface area contributed by atoms with Gasteiger partial charge in [0.2, 0.25) is 27.9 Å². The summed E-state index contributed by atoms with van der Waals surface area (Å²) in [5.41, 5.74) is 0.782. The lowest BCUT2D eigenvalue weighted by Crippen LogP contribution is -2.47. The second-order valence-electron chi connectivity index (χ2n) is 6.22. The maximum Gasteiger partial charge on any atom is 0.244 e. The molecular formula is C16H20N4O5S2. The summed E-state index contributed by atoms with van der Waals surface area (Å²) in [6, 6.07) is 4.52. The minimum absolute atomic E-state index is 0.180. The van der Waals surface area contributed by atoms with E-state index in [0.29, 0.717) is 22.9 Å². The fourth-order valence-electron chi connectivity index (χ4n) is 2.50. The van der Waals surface area contributed by atoms with Crippen LogP contribution in [0.3, 0.4) is 0 Å². The van der Waals surface area contributed by atoms with Gasteiger partial charge in [0.05, 0.1) is 6.26 Å². The number of carbonyl (C=O) groups excluding carboxylic acids is 1. The van der Waals surface area contributed by atoms with Gasteiger partial charge in [-0.2, -0.15) is 0 Å². The molecule has 27 heavy (non-hydrogen) atoms. The lowest BCUT2D eigenvalue weighted by Gasteiger charge is -2.21. The zero-order chi connectivity index (χ0) is 19.6. The van der Waals surface area contributed by atoms with E-state index in [9.17, 15) is 13.2 Å². The standard InChI is InChI=1S/C16H20N4O5S2/c1-4-9(2)13(20-27(3,22)23)14(21)17-16-19-18-15(26-16)10-5-6-11-12(7-10)25-8-24-11/h5-7,9,13,20H,4,8H2,1-3H3,(H,17,19,21). The third-order valence-electron chi connectivity index (χ3n) is 4.11. The molecule has 0 fully saturated rings. The summed E-state index contributed by atoms with van der Waals surface area (Å²) in [5, 5.41) is 11.6. The molecule has 11 heteroatoms. The number of anilines is 1. The number of nitrogens with zero attached hydrogens (tertiary/aromatic N) is 2. The molecule has 9 nitrogen and oxygen atoms in total. The van der Waals surface area contributed by atoms with Gasteiger partial charge in [-0.05, 0) is 24.1 Å². The Balaban J connectivity index is 1.75. The molecule has 0 saturated heterocycles. The topological polar surface area (TPSA) is 120 Å². The van der Waals surface area contributed by atoms with Crippen molar-refractivity contribution in [1.29, 1.82) is 0 Å². The van der Waals surface area contributed by atoms with E-state index in [2.05, 4.69) is 20.2 Å². The first-order valence-electron chi connectivity index (χ1n) is 8.28. The van der Waals surface area contributed by atoms with Crippen LogP contribution in [0, 0.1) is 5.92 Å². The third kappa shape index (κ3) is 4.73. The van der Waals surface area contributed by atoms with Crippen LogP contribution in [-0.4, -0.2) is 43.6 Å². The highest BCUT2D eigenvalue weighted by molar-refractivity contribution is 7.88. The number of sulfonamides is 1. The number of rotatable bonds is 7. The molecule has 1 amide bonds. The normalized spacial score (nSPS) is 15.4. The minimum atomic E-state index is -3.53. The van der Waals surface area contributed by atoms with Crippen LogP contribution in [0.5, 0.6) is 11.5 Å². The molecule has 0 spiro atoms. The van der Waals surface area contributed by atoms with Crippen molar-refractivity contribution >= 4 is 32.4 Å². The molecule has 2 atom stereocenters. The molecule has 2 heterocycles. The van der Waals surface area contributed by atoms with Gasteiger partial charge < -0.3 is 9.47 Å². The molecular weight excluding hydrogens is 392 g/mol. The summed E-state index contributed by atoms with van der Waals surface area (Å²) in [4.78, 5) is 12.6. The third-order valence-corrected chi connectivity index (χ3v) is 5.68. The summed E-state index contributed by atoms with van der Waals surface area (Å²) < 4.78 is 36.1. The molecule has 1 aliphatic heterocycles. The maximum absolute atomic E-state index is 12.6. The number of carbonyl (C=O) groups is 1. The average Bonchev–Trinajstić information content (AvgIpc) is 3.26. The first kappa shape index (κ1) is 19.5. The molecule has 0 saturated carbocycles. The van der Waals surface area contributed by atoms with E-state index >= 15 is 0 Å². The maximum atomic E-state index is 12.6. The van der Waals surface area contributed by atoms with Crippen molar-refractivity contribution in [3.63, 3.8) is 0 Å².